The molecule has 9 heteroatoms. The topological polar surface area (TPSA) is 65.5 Å². The summed E-state index contributed by atoms with van der Waals surface area (Å²) in [6.45, 7) is 2.57. The van der Waals surface area contributed by atoms with Gasteiger partial charge in [0.2, 0.25) is 5.91 Å². The van der Waals surface area contributed by atoms with Gasteiger partial charge in [-0.1, -0.05) is 0 Å². The third-order valence-corrected chi connectivity index (χ3v) is 7.17. The van der Waals surface area contributed by atoms with E-state index in [-0.39, 0.29) is 23.5 Å². The van der Waals surface area contributed by atoms with Crippen molar-refractivity contribution in [1.82, 2.24) is 9.88 Å². The molecule has 6 nitrogen and oxygen atoms in total. The molecule has 0 bridgehead atoms. The summed E-state index contributed by atoms with van der Waals surface area (Å²) in [5, 5.41) is 3.21. The Labute approximate surface area is 193 Å². The number of benzene rings is 2. The maximum atomic E-state index is 13.2. The standard InChI is InChI=1S/C24H22F2N4O2S/c25-16-3-1-15(2-4-16)22(31)28-24-27-21-19(9-10-20(21)33-24)23(32)30-13-11-29(12-14-30)18-7-5-17(26)6-8-18/h1-8,19H,9-14H2,(H,27,28,31). The minimum Gasteiger partial charge on any atom is -0.368 e. The average molecular weight is 469 g/mol. The molecule has 5 rings (SSSR count). The summed E-state index contributed by atoms with van der Waals surface area (Å²) in [5.41, 5.74) is 2.05. The molecule has 1 aliphatic carbocycles. The Morgan fingerprint density at radius 3 is 2.24 bits per heavy atom. The van der Waals surface area contributed by atoms with Crippen molar-refractivity contribution >= 4 is 34.0 Å². The molecule has 1 unspecified atom stereocenters. The fourth-order valence-corrected chi connectivity index (χ4v) is 5.38. The molecule has 2 amide bonds. The number of nitrogens with zero attached hydrogens (tertiary/aromatic N) is 3. The van der Waals surface area contributed by atoms with Crippen LogP contribution in [0, 0.1) is 11.6 Å². The highest BCUT2D eigenvalue weighted by Gasteiger charge is 2.36. The van der Waals surface area contributed by atoms with E-state index in [2.05, 4.69) is 15.2 Å². The van der Waals surface area contributed by atoms with E-state index in [0.717, 1.165) is 29.1 Å². The fourth-order valence-electron chi connectivity index (χ4n) is 4.35. The summed E-state index contributed by atoms with van der Waals surface area (Å²) in [4.78, 5) is 35.3. The Kier molecular flexibility index (Phi) is 5.80. The van der Waals surface area contributed by atoms with Crippen molar-refractivity contribution in [2.45, 2.75) is 18.8 Å². The Morgan fingerprint density at radius 1 is 0.939 bits per heavy atom. The van der Waals surface area contributed by atoms with E-state index in [1.54, 1.807) is 12.1 Å². The lowest BCUT2D eigenvalue weighted by molar-refractivity contribution is -0.133. The zero-order valence-electron chi connectivity index (χ0n) is 17.8. The number of aromatic nitrogens is 1. The van der Waals surface area contributed by atoms with Gasteiger partial charge in [0.1, 0.15) is 11.6 Å². The van der Waals surface area contributed by atoms with Crippen LogP contribution in [0.5, 0.6) is 0 Å². The lowest BCUT2D eigenvalue weighted by atomic mass is 10.1. The summed E-state index contributed by atoms with van der Waals surface area (Å²) in [5.74, 6) is -1.26. The zero-order chi connectivity index (χ0) is 22.9. The molecule has 2 aliphatic rings. The van der Waals surface area contributed by atoms with Gasteiger partial charge in [0.05, 0.1) is 11.6 Å². The number of piperazine rings is 1. The van der Waals surface area contributed by atoms with Crippen molar-refractivity contribution < 1.29 is 18.4 Å². The van der Waals surface area contributed by atoms with Gasteiger partial charge >= 0.3 is 0 Å². The van der Waals surface area contributed by atoms with Gasteiger partial charge in [0.15, 0.2) is 5.13 Å². The summed E-state index contributed by atoms with van der Waals surface area (Å²) in [6.07, 6.45) is 1.47. The maximum Gasteiger partial charge on any atom is 0.257 e. The number of hydrogen-bond acceptors (Lipinski definition) is 5. The molecular formula is C24H22F2N4O2S. The Morgan fingerprint density at radius 2 is 1.58 bits per heavy atom. The van der Waals surface area contributed by atoms with E-state index in [9.17, 15) is 18.4 Å². The highest BCUT2D eigenvalue weighted by molar-refractivity contribution is 7.16. The van der Waals surface area contributed by atoms with Gasteiger partial charge in [-0.15, -0.1) is 11.3 Å². The quantitative estimate of drug-likeness (QED) is 0.628. The van der Waals surface area contributed by atoms with Gasteiger partial charge in [-0.05, 0) is 61.4 Å². The van der Waals surface area contributed by atoms with Gasteiger partial charge in [-0.2, -0.15) is 0 Å². The molecule has 2 aromatic carbocycles. The van der Waals surface area contributed by atoms with Crippen molar-refractivity contribution in [2.24, 2.45) is 0 Å². The predicted octanol–water partition coefficient (Wildman–Crippen LogP) is 4.05. The lowest BCUT2D eigenvalue weighted by Gasteiger charge is -2.37. The molecule has 33 heavy (non-hydrogen) atoms. The average Bonchev–Trinajstić information content (AvgIpc) is 3.40. The maximum absolute atomic E-state index is 13.2. The molecule has 1 N–H and O–H groups in total. The number of carbonyl (C=O) groups is 2. The van der Waals surface area contributed by atoms with Crippen molar-refractivity contribution in [3.63, 3.8) is 0 Å². The predicted molar refractivity (Wildman–Crippen MR) is 123 cm³/mol. The van der Waals surface area contributed by atoms with Crippen LogP contribution in [0.15, 0.2) is 48.5 Å². The lowest BCUT2D eigenvalue weighted by Crippen LogP contribution is -2.50. The number of aryl methyl sites for hydroxylation is 1. The highest BCUT2D eigenvalue weighted by Crippen LogP contribution is 2.39. The summed E-state index contributed by atoms with van der Waals surface area (Å²) >= 11 is 1.39. The van der Waals surface area contributed by atoms with Crippen LogP contribution in [0.25, 0.3) is 0 Å². The first-order valence-corrected chi connectivity index (χ1v) is 11.7. The van der Waals surface area contributed by atoms with Crippen molar-refractivity contribution in [2.75, 3.05) is 36.4 Å². The molecule has 0 saturated carbocycles. The van der Waals surface area contributed by atoms with Crippen LogP contribution in [-0.2, 0) is 11.2 Å². The van der Waals surface area contributed by atoms with Crippen LogP contribution in [-0.4, -0.2) is 47.9 Å². The number of amides is 2. The number of nitrogens with one attached hydrogen (secondary N) is 1. The molecular weight excluding hydrogens is 446 g/mol. The van der Waals surface area contributed by atoms with E-state index < -0.39 is 5.82 Å². The monoisotopic (exact) mass is 468 g/mol. The number of carbonyl (C=O) groups excluding carboxylic acids is 2. The second-order valence-electron chi connectivity index (χ2n) is 8.17. The Balaban J connectivity index is 1.22. The number of anilines is 2. The Bertz CT molecular complexity index is 1170. The van der Waals surface area contributed by atoms with Crippen molar-refractivity contribution in [3.8, 4) is 0 Å². The molecule has 1 atom stereocenters. The number of rotatable bonds is 4. The Hall–Kier alpha value is -3.33. The van der Waals surface area contributed by atoms with E-state index in [1.807, 2.05) is 4.90 Å². The van der Waals surface area contributed by atoms with Crippen molar-refractivity contribution in [1.29, 1.82) is 0 Å². The van der Waals surface area contributed by atoms with E-state index in [0.29, 0.717) is 36.9 Å². The SMILES string of the molecule is O=C(Nc1nc2c(s1)CCC2C(=O)N1CCN(c2ccc(F)cc2)CC1)c1ccc(F)cc1. The fraction of sp³-hybridized carbons (Fsp3) is 0.292. The van der Waals surface area contributed by atoms with Gasteiger partial charge in [-0.25, -0.2) is 13.8 Å². The van der Waals surface area contributed by atoms with Crippen LogP contribution < -0.4 is 10.2 Å². The summed E-state index contributed by atoms with van der Waals surface area (Å²) < 4.78 is 26.3. The minimum atomic E-state index is -0.403. The molecule has 1 aliphatic heterocycles. The molecule has 1 fully saturated rings. The first kappa shape index (κ1) is 21.5. The first-order valence-electron chi connectivity index (χ1n) is 10.8. The first-order chi connectivity index (χ1) is 16.0. The number of halogens is 2. The minimum absolute atomic E-state index is 0.0641. The van der Waals surface area contributed by atoms with Crippen molar-refractivity contribution in [3.05, 3.63) is 76.3 Å². The highest BCUT2D eigenvalue weighted by atomic mass is 32.1. The molecule has 0 radical (unpaired) electrons. The molecule has 3 aromatic rings. The summed E-state index contributed by atoms with van der Waals surface area (Å²) in [6, 6.07) is 11.7. The molecule has 2 heterocycles. The second kappa shape index (κ2) is 8.90. The smallest absolute Gasteiger partial charge is 0.257 e. The van der Waals surface area contributed by atoms with Gasteiger partial charge in [0.25, 0.3) is 5.91 Å². The van der Waals surface area contributed by atoms with E-state index in [1.165, 1.54) is 47.7 Å². The molecule has 0 spiro atoms. The normalized spacial score (nSPS) is 17.7. The van der Waals surface area contributed by atoms with Gasteiger partial charge in [-0.3, -0.25) is 14.9 Å². The van der Waals surface area contributed by atoms with Crippen LogP contribution in [0.3, 0.4) is 0 Å². The van der Waals surface area contributed by atoms with Gasteiger partial charge < -0.3 is 9.80 Å². The molecule has 1 aromatic heterocycles. The molecule has 1 saturated heterocycles. The van der Waals surface area contributed by atoms with Crippen LogP contribution in [0.2, 0.25) is 0 Å². The van der Waals surface area contributed by atoms with Gasteiger partial charge in [0, 0.05) is 42.3 Å². The number of thiazole rings is 1. The second-order valence-corrected chi connectivity index (χ2v) is 9.25. The van der Waals surface area contributed by atoms with Crippen LogP contribution in [0.1, 0.15) is 33.3 Å². The van der Waals surface area contributed by atoms with Crippen LogP contribution >= 0.6 is 11.3 Å². The third-order valence-electron chi connectivity index (χ3n) is 6.13. The largest absolute Gasteiger partial charge is 0.368 e. The van der Waals surface area contributed by atoms with E-state index >= 15 is 0 Å². The van der Waals surface area contributed by atoms with Crippen LogP contribution in [0.4, 0.5) is 19.6 Å². The zero-order valence-corrected chi connectivity index (χ0v) is 18.6. The summed E-state index contributed by atoms with van der Waals surface area (Å²) in [7, 11) is 0. The third kappa shape index (κ3) is 4.45. The van der Waals surface area contributed by atoms with E-state index in [4.69, 9.17) is 0 Å². The number of hydrogen-bond donors (Lipinski definition) is 1. The number of fused-ring (bicyclic) bond motifs is 1. The molecule has 170 valence electrons.